The van der Waals surface area contributed by atoms with Crippen molar-refractivity contribution in [1.29, 1.82) is 0 Å². The third kappa shape index (κ3) is 9.99. The molecule has 0 radical (unpaired) electrons. The van der Waals surface area contributed by atoms with Crippen LogP contribution in [-0.4, -0.2) is 40.4 Å². The highest BCUT2D eigenvalue weighted by Gasteiger charge is 2.21. The van der Waals surface area contributed by atoms with Crippen LogP contribution in [0.1, 0.15) is 51.3 Å². The Morgan fingerprint density at radius 3 is 2.00 bits per heavy atom. The van der Waals surface area contributed by atoms with Crippen molar-refractivity contribution in [3.05, 3.63) is 123 Å². The van der Waals surface area contributed by atoms with E-state index >= 15 is 0 Å². The number of nitrogens with zero attached hydrogens (tertiary/aromatic N) is 1. The lowest BCUT2D eigenvalue weighted by atomic mass is 9.96. The van der Waals surface area contributed by atoms with Crippen molar-refractivity contribution >= 4 is 28.9 Å². The van der Waals surface area contributed by atoms with E-state index in [0.717, 1.165) is 5.56 Å². The number of carbonyl (C=O) groups is 2. The summed E-state index contributed by atoms with van der Waals surface area (Å²) in [7, 11) is 0. The topological polar surface area (TPSA) is 179 Å². The highest BCUT2D eigenvalue weighted by atomic mass is 17.1. The monoisotopic (exact) mass is 645 g/mol. The van der Waals surface area contributed by atoms with Crippen molar-refractivity contribution in [2.75, 3.05) is 24.0 Å². The molecule has 47 heavy (non-hydrogen) atoms. The minimum Gasteiger partial charge on any atom is -0.493 e. The number of non-ortho nitro benzene ring substituents is 1. The van der Waals surface area contributed by atoms with E-state index in [0.29, 0.717) is 47.2 Å². The quantitative estimate of drug-likeness (QED) is 0.0567. The Balaban J connectivity index is 1.23. The van der Waals surface area contributed by atoms with E-state index in [9.17, 15) is 24.8 Å². The fourth-order valence-electron chi connectivity index (χ4n) is 4.35. The average Bonchev–Trinajstić information content (AvgIpc) is 3.04. The molecule has 0 unspecified atom stereocenters. The smallest absolute Gasteiger partial charge is 0.336 e. The summed E-state index contributed by atoms with van der Waals surface area (Å²) in [6.07, 6.45) is 0. The standard InChI is InChI=1S/C34H35N3O10/c1-22-4-15-30(33(39)40)31(16-22)32(38)35-25-6-11-28(12-7-25)44-20-34(2,3)21-45-29-13-8-26(9-14-29)36-46-18-24-17-27(37(41)42)10-5-23(24)19-47-43/h4-17,36,43H,18-21H2,1-3H3,(H,35,38)(H,39,40). The molecular formula is C34H35N3O10. The molecule has 4 rings (SSSR count). The molecule has 0 heterocycles. The van der Waals surface area contributed by atoms with Gasteiger partial charge in [0.15, 0.2) is 0 Å². The number of hydrogen-bond donors (Lipinski definition) is 4. The van der Waals surface area contributed by atoms with Gasteiger partial charge in [-0.25, -0.2) is 9.68 Å². The van der Waals surface area contributed by atoms with E-state index in [1.807, 2.05) is 13.8 Å². The van der Waals surface area contributed by atoms with Crippen molar-refractivity contribution in [3.63, 3.8) is 0 Å². The Hall–Kier alpha value is -5.50. The first-order chi connectivity index (χ1) is 22.4. The predicted octanol–water partition coefficient (Wildman–Crippen LogP) is 6.87. The number of nitrogens with one attached hydrogen (secondary N) is 2. The van der Waals surface area contributed by atoms with Crippen LogP contribution in [0, 0.1) is 22.5 Å². The minimum atomic E-state index is -1.17. The van der Waals surface area contributed by atoms with Crippen LogP contribution in [0.25, 0.3) is 0 Å². The van der Waals surface area contributed by atoms with Crippen LogP contribution in [0.5, 0.6) is 11.5 Å². The molecule has 0 spiro atoms. The van der Waals surface area contributed by atoms with E-state index in [1.165, 1.54) is 24.3 Å². The molecule has 0 atom stereocenters. The summed E-state index contributed by atoms with van der Waals surface area (Å²) in [5, 5.41) is 32.0. The van der Waals surface area contributed by atoms with Gasteiger partial charge in [0, 0.05) is 23.2 Å². The zero-order valence-corrected chi connectivity index (χ0v) is 26.0. The zero-order chi connectivity index (χ0) is 34.0. The summed E-state index contributed by atoms with van der Waals surface area (Å²) in [4.78, 5) is 44.5. The Morgan fingerprint density at radius 1 is 0.809 bits per heavy atom. The maximum atomic E-state index is 12.7. The first-order valence-corrected chi connectivity index (χ1v) is 14.5. The molecule has 13 heteroatoms. The van der Waals surface area contributed by atoms with Gasteiger partial charge >= 0.3 is 5.97 Å². The summed E-state index contributed by atoms with van der Waals surface area (Å²) in [6, 6.07) is 22.6. The van der Waals surface area contributed by atoms with E-state index in [-0.39, 0.29) is 35.4 Å². The number of hydrogen-bond acceptors (Lipinski definition) is 10. The summed E-state index contributed by atoms with van der Waals surface area (Å²) in [5.74, 6) is -0.468. The van der Waals surface area contributed by atoms with Crippen LogP contribution in [0.2, 0.25) is 0 Å². The van der Waals surface area contributed by atoms with E-state index < -0.39 is 16.8 Å². The molecule has 0 aliphatic heterocycles. The number of anilines is 2. The van der Waals surface area contributed by atoms with Crippen molar-refractivity contribution in [2.45, 2.75) is 34.0 Å². The number of aryl methyl sites for hydroxylation is 1. The van der Waals surface area contributed by atoms with Crippen LogP contribution in [0.3, 0.4) is 0 Å². The Morgan fingerprint density at radius 2 is 1.43 bits per heavy atom. The first kappa shape index (κ1) is 34.4. The number of aromatic carboxylic acids is 1. The summed E-state index contributed by atoms with van der Waals surface area (Å²) >= 11 is 0. The second kappa shape index (κ2) is 15.7. The Bertz CT molecular complexity index is 1710. The number of nitro groups is 1. The minimum absolute atomic E-state index is 0.00871. The molecule has 0 aliphatic rings. The zero-order valence-electron chi connectivity index (χ0n) is 26.0. The molecule has 0 bridgehead atoms. The van der Waals surface area contributed by atoms with Gasteiger partial charge in [-0.15, -0.1) is 0 Å². The fraction of sp³-hybridized carbons (Fsp3) is 0.235. The Kier molecular flexibility index (Phi) is 11.5. The van der Waals surface area contributed by atoms with Crippen molar-refractivity contribution in [2.24, 2.45) is 5.41 Å². The molecule has 4 N–H and O–H groups in total. The third-order valence-corrected chi connectivity index (χ3v) is 6.91. The molecule has 0 aliphatic carbocycles. The SMILES string of the molecule is Cc1ccc(C(=O)O)c(C(=O)Nc2ccc(OCC(C)(C)COc3ccc(NOCc4cc([N+](=O)[O-])ccc4COO)cc3)cc2)c1. The lowest BCUT2D eigenvalue weighted by Gasteiger charge is -2.25. The van der Waals surface area contributed by atoms with Gasteiger partial charge in [0.2, 0.25) is 0 Å². The predicted molar refractivity (Wildman–Crippen MR) is 173 cm³/mol. The fourth-order valence-corrected chi connectivity index (χ4v) is 4.35. The number of rotatable bonds is 16. The second-order valence-electron chi connectivity index (χ2n) is 11.5. The molecule has 0 saturated heterocycles. The van der Waals surface area contributed by atoms with Crippen LogP contribution in [0.15, 0.2) is 84.9 Å². The molecule has 4 aromatic rings. The molecule has 0 aromatic heterocycles. The molecule has 246 valence electrons. The molecule has 0 fully saturated rings. The molecule has 13 nitrogen and oxygen atoms in total. The number of carboxylic acids is 1. The van der Waals surface area contributed by atoms with Gasteiger partial charge in [0.05, 0.1) is 35.0 Å². The molecule has 1 amide bonds. The van der Waals surface area contributed by atoms with Crippen molar-refractivity contribution < 1.29 is 44.1 Å². The van der Waals surface area contributed by atoms with Gasteiger partial charge < -0.3 is 19.9 Å². The highest BCUT2D eigenvalue weighted by Crippen LogP contribution is 2.25. The van der Waals surface area contributed by atoms with Crippen LogP contribution >= 0.6 is 0 Å². The maximum Gasteiger partial charge on any atom is 0.336 e. The van der Waals surface area contributed by atoms with E-state index in [2.05, 4.69) is 15.7 Å². The van der Waals surface area contributed by atoms with Crippen LogP contribution in [0.4, 0.5) is 17.1 Å². The molecule has 0 saturated carbocycles. The van der Waals surface area contributed by atoms with Gasteiger partial charge in [-0.3, -0.25) is 30.5 Å². The summed E-state index contributed by atoms with van der Waals surface area (Å²) < 4.78 is 11.9. The van der Waals surface area contributed by atoms with E-state index in [1.54, 1.807) is 67.6 Å². The number of amides is 1. The second-order valence-corrected chi connectivity index (χ2v) is 11.5. The van der Waals surface area contributed by atoms with Gasteiger partial charge in [0.25, 0.3) is 11.6 Å². The lowest BCUT2D eigenvalue weighted by Crippen LogP contribution is -2.28. The molecular weight excluding hydrogens is 610 g/mol. The maximum absolute atomic E-state index is 12.7. The van der Waals surface area contributed by atoms with Crippen LogP contribution < -0.4 is 20.3 Å². The first-order valence-electron chi connectivity index (χ1n) is 14.5. The number of carboxylic acid groups (broad SMARTS) is 1. The van der Waals surface area contributed by atoms with E-state index in [4.69, 9.17) is 19.6 Å². The summed E-state index contributed by atoms with van der Waals surface area (Å²) in [5.41, 5.74) is 5.28. The Labute approximate surface area is 270 Å². The van der Waals surface area contributed by atoms with Gasteiger partial charge in [-0.1, -0.05) is 25.5 Å². The summed E-state index contributed by atoms with van der Waals surface area (Å²) in [6.45, 7) is 6.34. The average molecular weight is 646 g/mol. The van der Waals surface area contributed by atoms with Crippen molar-refractivity contribution in [1.82, 2.24) is 0 Å². The van der Waals surface area contributed by atoms with Crippen LogP contribution in [-0.2, 0) is 22.9 Å². The largest absolute Gasteiger partial charge is 0.493 e. The third-order valence-electron chi connectivity index (χ3n) is 6.91. The number of nitro benzene ring substituents is 1. The number of carbonyl (C=O) groups excluding carboxylic acids is 1. The number of ether oxygens (including phenoxy) is 2. The van der Waals surface area contributed by atoms with Gasteiger partial charge in [-0.05, 0) is 84.8 Å². The van der Waals surface area contributed by atoms with Gasteiger partial charge in [-0.2, -0.15) is 0 Å². The normalized spacial score (nSPS) is 11.1. The number of benzene rings is 4. The van der Waals surface area contributed by atoms with Crippen molar-refractivity contribution in [3.8, 4) is 11.5 Å². The lowest BCUT2D eigenvalue weighted by molar-refractivity contribution is -0.385. The molecule has 4 aromatic carbocycles. The highest BCUT2D eigenvalue weighted by molar-refractivity contribution is 6.10. The van der Waals surface area contributed by atoms with Gasteiger partial charge in [0.1, 0.15) is 24.7 Å².